The van der Waals surface area contributed by atoms with Gasteiger partial charge in [-0.3, -0.25) is 4.98 Å². The first kappa shape index (κ1) is 13.9. The van der Waals surface area contributed by atoms with Gasteiger partial charge in [0.2, 0.25) is 0 Å². The molecule has 0 aliphatic heterocycles. The Morgan fingerprint density at radius 2 is 2.00 bits per heavy atom. The third-order valence-electron chi connectivity index (χ3n) is 3.25. The molecule has 20 heavy (non-hydrogen) atoms. The highest BCUT2D eigenvalue weighted by Gasteiger charge is 2.16. The SMILES string of the molecule is Cc1csc(C(Cl)Cc2ccc3ccccc3n2)c1Cl. The summed E-state index contributed by atoms with van der Waals surface area (Å²) in [6, 6.07) is 12.2. The number of halogens is 2. The first-order valence-electron chi connectivity index (χ1n) is 6.37. The molecule has 0 bridgehead atoms. The number of aryl methyl sites for hydroxylation is 1. The summed E-state index contributed by atoms with van der Waals surface area (Å²) < 4.78 is 0. The Bertz CT molecular complexity index is 751. The fourth-order valence-electron chi connectivity index (χ4n) is 2.16. The summed E-state index contributed by atoms with van der Waals surface area (Å²) in [5.41, 5.74) is 3.08. The summed E-state index contributed by atoms with van der Waals surface area (Å²) in [5.74, 6) is 0. The Morgan fingerprint density at radius 1 is 1.20 bits per heavy atom. The molecule has 0 N–H and O–H groups in total. The van der Waals surface area contributed by atoms with Gasteiger partial charge in [-0.2, -0.15) is 0 Å². The van der Waals surface area contributed by atoms with Crippen LogP contribution >= 0.6 is 34.5 Å². The van der Waals surface area contributed by atoms with Crippen LogP contribution in [0.5, 0.6) is 0 Å². The van der Waals surface area contributed by atoms with Crippen LogP contribution in [-0.4, -0.2) is 4.98 Å². The van der Waals surface area contributed by atoms with Gasteiger partial charge in [0.05, 0.1) is 15.9 Å². The number of thiophene rings is 1. The van der Waals surface area contributed by atoms with Gasteiger partial charge in [-0.25, -0.2) is 0 Å². The zero-order valence-corrected chi connectivity index (χ0v) is 13.3. The number of para-hydroxylation sites is 1. The van der Waals surface area contributed by atoms with Gasteiger partial charge >= 0.3 is 0 Å². The maximum atomic E-state index is 6.50. The van der Waals surface area contributed by atoms with Crippen LogP contribution in [0.25, 0.3) is 10.9 Å². The van der Waals surface area contributed by atoms with E-state index in [1.54, 1.807) is 11.3 Å². The minimum absolute atomic E-state index is 0.130. The zero-order chi connectivity index (χ0) is 14.1. The molecule has 0 fully saturated rings. The molecule has 0 spiro atoms. The van der Waals surface area contributed by atoms with E-state index in [1.165, 1.54) is 0 Å². The zero-order valence-electron chi connectivity index (χ0n) is 10.9. The summed E-state index contributed by atoms with van der Waals surface area (Å²) in [6.07, 6.45) is 0.687. The van der Waals surface area contributed by atoms with Gasteiger partial charge in [-0.15, -0.1) is 22.9 Å². The van der Waals surface area contributed by atoms with Gasteiger partial charge in [-0.05, 0) is 30.0 Å². The van der Waals surface area contributed by atoms with Crippen LogP contribution in [0.4, 0.5) is 0 Å². The molecule has 0 amide bonds. The Hall–Kier alpha value is -1.09. The lowest BCUT2D eigenvalue weighted by Gasteiger charge is -2.09. The minimum atomic E-state index is -0.130. The molecular weight excluding hydrogens is 309 g/mol. The number of pyridine rings is 1. The van der Waals surface area contributed by atoms with Crippen molar-refractivity contribution in [1.82, 2.24) is 4.98 Å². The van der Waals surface area contributed by atoms with Crippen LogP contribution in [0.1, 0.15) is 21.5 Å². The van der Waals surface area contributed by atoms with Crippen LogP contribution < -0.4 is 0 Å². The third-order valence-corrected chi connectivity index (χ3v) is 5.58. The molecule has 2 heterocycles. The van der Waals surface area contributed by atoms with E-state index in [9.17, 15) is 0 Å². The van der Waals surface area contributed by atoms with Crippen molar-refractivity contribution in [2.75, 3.05) is 0 Å². The molecule has 3 aromatic rings. The normalized spacial score (nSPS) is 12.8. The largest absolute Gasteiger partial charge is 0.253 e. The molecule has 0 radical (unpaired) electrons. The van der Waals surface area contributed by atoms with Crippen molar-refractivity contribution in [3.63, 3.8) is 0 Å². The molecular formula is C16H13Cl2NS. The van der Waals surface area contributed by atoms with E-state index in [1.807, 2.05) is 36.6 Å². The molecule has 1 unspecified atom stereocenters. The van der Waals surface area contributed by atoms with Gasteiger partial charge in [-0.1, -0.05) is 35.9 Å². The number of hydrogen-bond acceptors (Lipinski definition) is 2. The number of alkyl halides is 1. The van der Waals surface area contributed by atoms with Crippen LogP contribution in [-0.2, 0) is 6.42 Å². The number of benzene rings is 1. The maximum absolute atomic E-state index is 6.50. The number of rotatable bonds is 3. The van der Waals surface area contributed by atoms with E-state index in [0.717, 1.165) is 32.1 Å². The van der Waals surface area contributed by atoms with Crippen molar-refractivity contribution in [2.24, 2.45) is 0 Å². The summed E-state index contributed by atoms with van der Waals surface area (Å²) in [6.45, 7) is 2.00. The average molecular weight is 322 g/mol. The van der Waals surface area contributed by atoms with E-state index in [4.69, 9.17) is 23.2 Å². The lowest BCUT2D eigenvalue weighted by Crippen LogP contribution is -1.97. The molecule has 1 atom stereocenters. The number of fused-ring (bicyclic) bond motifs is 1. The lowest BCUT2D eigenvalue weighted by molar-refractivity contribution is 0.904. The molecule has 3 rings (SSSR count). The smallest absolute Gasteiger partial charge is 0.0748 e. The van der Waals surface area contributed by atoms with E-state index >= 15 is 0 Å². The van der Waals surface area contributed by atoms with E-state index in [0.29, 0.717) is 6.42 Å². The predicted octanol–water partition coefficient (Wildman–Crippen LogP) is 5.78. The first-order chi connectivity index (χ1) is 9.65. The quantitative estimate of drug-likeness (QED) is 0.557. The van der Waals surface area contributed by atoms with Crippen molar-refractivity contribution in [3.05, 3.63) is 62.9 Å². The molecule has 0 saturated heterocycles. The number of nitrogens with zero attached hydrogens (tertiary/aromatic N) is 1. The lowest BCUT2D eigenvalue weighted by atomic mass is 10.1. The monoisotopic (exact) mass is 321 g/mol. The first-order valence-corrected chi connectivity index (χ1v) is 8.07. The highest BCUT2D eigenvalue weighted by molar-refractivity contribution is 7.11. The van der Waals surface area contributed by atoms with E-state index in [-0.39, 0.29) is 5.38 Å². The topological polar surface area (TPSA) is 12.9 Å². The molecule has 2 aromatic heterocycles. The van der Waals surface area contributed by atoms with Crippen LogP contribution in [0.3, 0.4) is 0 Å². The van der Waals surface area contributed by atoms with Crippen LogP contribution in [0.15, 0.2) is 41.8 Å². The third kappa shape index (κ3) is 2.69. The van der Waals surface area contributed by atoms with Gasteiger partial charge in [0.1, 0.15) is 0 Å². The summed E-state index contributed by atoms with van der Waals surface area (Å²) in [4.78, 5) is 5.68. The van der Waals surface area contributed by atoms with Gasteiger partial charge in [0.15, 0.2) is 0 Å². The second-order valence-corrected chi connectivity index (χ2v) is 6.58. The standard InChI is InChI=1S/C16H13Cl2NS/c1-10-9-20-16(15(10)18)13(17)8-12-7-6-11-4-2-3-5-14(11)19-12/h2-7,9,13H,8H2,1H3. The summed E-state index contributed by atoms with van der Waals surface area (Å²) >= 11 is 14.4. The highest BCUT2D eigenvalue weighted by atomic mass is 35.5. The average Bonchev–Trinajstić information content (AvgIpc) is 2.79. The Balaban J connectivity index is 1.87. The Labute approximate surface area is 132 Å². The highest BCUT2D eigenvalue weighted by Crippen LogP contribution is 2.37. The summed E-state index contributed by atoms with van der Waals surface area (Å²) in [7, 11) is 0. The van der Waals surface area contributed by atoms with Crippen molar-refractivity contribution in [1.29, 1.82) is 0 Å². The van der Waals surface area contributed by atoms with Gasteiger partial charge in [0.25, 0.3) is 0 Å². The minimum Gasteiger partial charge on any atom is -0.253 e. The molecule has 4 heteroatoms. The molecule has 1 nitrogen and oxygen atoms in total. The van der Waals surface area contributed by atoms with Crippen LogP contribution in [0.2, 0.25) is 5.02 Å². The summed E-state index contributed by atoms with van der Waals surface area (Å²) in [5, 5.41) is 3.85. The number of hydrogen-bond donors (Lipinski definition) is 0. The number of aromatic nitrogens is 1. The molecule has 1 aromatic carbocycles. The van der Waals surface area contributed by atoms with Gasteiger partial charge < -0.3 is 0 Å². The molecule has 102 valence electrons. The predicted molar refractivity (Wildman–Crippen MR) is 88.1 cm³/mol. The second kappa shape index (κ2) is 5.72. The van der Waals surface area contributed by atoms with Crippen molar-refractivity contribution in [3.8, 4) is 0 Å². The van der Waals surface area contributed by atoms with E-state index in [2.05, 4.69) is 17.1 Å². The van der Waals surface area contributed by atoms with Gasteiger partial charge in [0, 0.05) is 22.4 Å². The maximum Gasteiger partial charge on any atom is 0.0748 e. The molecule has 0 aliphatic carbocycles. The molecule has 0 saturated carbocycles. The van der Waals surface area contributed by atoms with Crippen molar-refractivity contribution >= 4 is 45.4 Å². The second-order valence-electron chi connectivity index (χ2n) is 4.76. The Kier molecular flexibility index (Phi) is 3.97. The van der Waals surface area contributed by atoms with Crippen molar-refractivity contribution in [2.45, 2.75) is 18.7 Å². The van der Waals surface area contributed by atoms with Crippen molar-refractivity contribution < 1.29 is 0 Å². The van der Waals surface area contributed by atoms with Crippen LogP contribution in [0, 0.1) is 6.92 Å². The molecule has 0 aliphatic rings. The fraction of sp³-hybridized carbons (Fsp3) is 0.188. The Morgan fingerprint density at radius 3 is 2.75 bits per heavy atom. The fourth-order valence-corrected chi connectivity index (χ4v) is 3.94. The van der Waals surface area contributed by atoms with E-state index < -0.39 is 0 Å².